The lowest BCUT2D eigenvalue weighted by molar-refractivity contribution is -0.141. The first kappa shape index (κ1) is 42.7. The second-order valence-corrected chi connectivity index (χ2v) is 16.4. The van der Waals surface area contributed by atoms with Gasteiger partial charge in [0.2, 0.25) is 11.8 Å². The largest absolute Gasteiger partial charge is 0.469 e. The first-order valence-electron chi connectivity index (χ1n) is 21.0. The number of anilines is 1. The third-order valence-corrected chi connectivity index (χ3v) is 13.0. The Kier molecular flexibility index (Phi) is 11.6. The van der Waals surface area contributed by atoms with Crippen LogP contribution in [0.15, 0.2) is 66.3 Å². The van der Waals surface area contributed by atoms with E-state index in [4.69, 9.17) is 29.4 Å². The van der Waals surface area contributed by atoms with Gasteiger partial charge in [-0.2, -0.15) is 0 Å². The number of allylic oxidation sites excluding steroid dienone is 4. The van der Waals surface area contributed by atoms with E-state index in [1.54, 1.807) is 30.3 Å². The number of fused-ring (bicyclic) bond motifs is 13. The van der Waals surface area contributed by atoms with Crippen molar-refractivity contribution < 1.29 is 38.6 Å². The van der Waals surface area contributed by atoms with E-state index in [1.165, 1.54) is 25.3 Å². The molecule has 3 N–H and O–H groups in total. The van der Waals surface area contributed by atoms with E-state index in [1.807, 2.05) is 52.0 Å². The van der Waals surface area contributed by atoms with Crippen molar-refractivity contribution in [2.45, 2.75) is 65.2 Å². The smallest absolute Gasteiger partial charge is 0.305 e. The van der Waals surface area contributed by atoms with Crippen LogP contribution in [0.4, 0.5) is 5.69 Å². The van der Waals surface area contributed by atoms with Gasteiger partial charge in [0.15, 0.2) is 0 Å². The number of nitrogens with zero attached hydrogens (tertiary/aromatic N) is 4. The molecule has 324 valence electrons. The van der Waals surface area contributed by atoms with Gasteiger partial charge in [-0.25, -0.2) is 4.98 Å². The van der Waals surface area contributed by atoms with Crippen LogP contribution in [0.5, 0.6) is 0 Å². The Bertz CT molecular complexity index is 2850. The van der Waals surface area contributed by atoms with Gasteiger partial charge >= 0.3 is 11.9 Å². The summed E-state index contributed by atoms with van der Waals surface area (Å²) in [7, 11) is 2.74. The van der Waals surface area contributed by atoms with Crippen molar-refractivity contribution in [1.29, 1.82) is 0 Å². The van der Waals surface area contributed by atoms with Gasteiger partial charge in [-0.1, -0.05) is 36.0 Å². The number of hydrogen-bond acceptors (Lipinski definition) is 11. The predicted molar refractivity (Wildman–Crippen MR) is 241 cm³/mol. The number of aliphatic hydroxyl groups excluding tert-OH is 1. The maximum Gasteiger partial charge on any atom is 0.305 e. The molecule has 14 heteroatoms. The number of rotatable bonds is 12. The van der Waals surface area contributed by atoms with E-state index in [-0.39, 0.29) is 49.8 Å². The highest BCUT2D eigenvalue weighted by molar-refractivity contribution is 6.23. The summed E-state index contributed by atoms with van der Waals surface area (Å²) in [4.78, 5) is 78.2. The van der Waals surface area contributed by atoms with Crippen LogP contribution in [-0.2, 0) is 45.3 Å². The second-order valence-electron chi connectivity index (χ2n) is 16.4. The van der Waals surface area contributed by atoms with Gasteiger partial charge in [0.05, 0.1) is 67.3 Å². The van der Waals surface area contributed by atoms with Crippen molar-refractivity contribution in [2.75, 3.05) is 32.3 Å². The number of nitrogens with one attached hydrogen (secondary N) is 2. The monoisotopic (exact) mass is 850 g/mol. The molecule has 1 aliphatic carbocycles. The van der Waals surface area contributed by atoms with Crippen molar-refractivity contribution >= 4 is 80.5 Å². The molecule has 14 nitrogen and oxygen atoms in total. The molecule has 1 fully saturated rings. The summed E-state index contributed by atoms with van der Waals surface area (Å²) in [5.41, 5.74) is 12.1. The summed E-state index contributed by atoms with van der Waals surface area (Å²) >= 11 is 0. The lowest BCUT2D eigenvalue weighted by Crippen LogP contribution is -2.41. The Labute approximate surface area is 364 Å². The lowest BCUT2D eigenvalue weighted by atomic mass is 9.61. The first-order chi connectivity index (χ1) is 30.3. The molecule has 3 atom stereocenters. The number of H-pyrrole nitrogens is 2. The molecule has 3 aliphatic heterocycles. The Hall–Kier alpha value is -6.93. The summed E-state index contributed by atoms with van der Waals surface area (Å²) in [6.07, 6.45) is 6.77. The molecule has 0 radical (unpaired) electrons. The molecule has 8 bridgehead atoms. The number of aliphatic hydroxyl groups is 1. The maximum atomic E-state index is 14.9. The van der Waals surface area contributed by atoms with E-state index in [9.17, 15) is 19.2 Å². The average Bonchev–Trinajstić information content (AvgIpc) is 4.00. The van der Waals surface area contributed by atoms with Crippen molar-refractivity contribution in [1.82, 2.24) is 19.9 Å². The molecule has 0 unspecified atom stereocenters. The zero-order chi connectivity index (χ0) is 44.7. The molecule has 0 spiro atoms. The minimum atomic E-state index is -1.02. The maximum absolute atomic E-state index is 14.9. The zero-order valence-electron chi connectivity index (χ0n) is 36.3. The molecule has 3 aromatic heterocycles. The first-order valence-corrected chi connectivity index (χ1v) is 21.0. The van der Waals surface area contributed by atoms with Crippen LogP contribution in [0.2, 0.25) is 0 Å². The Morgan fingerprint density at radius 2 is 1.56 bits per heavy atom. The minimum absolute atomic E-state index is 0.0650. The number of esters is 2. The SMILES string of the molecule is C=Cc1c(C)c2cc3nc(cc4[nH]c(cc5nc(cc1[nH]2)C(C)=C5CCC(=O)OC)c(CCC(=O)OC)c4C)[C@@]1(C)C3=CC[C@H]2C(=O)N(c3ccc(/C=N/OCCO)cc3)C(=O)[C@H]21. The van der Waals surface area contributed by atoms with Gasteiger partial charge in [-0.3, -0.25) is 29.1 Å². The van der Waals surface area contributed by atoms with Gasteiger partial charge < -0.3 is 29.4 Å². The molecule has 8 rings (SSSR count). The highest BCUT2D eigenvalue weighted by Crippen LogP contribution is 2.56. The fourth-order valence-electron chi connectivity index (χ4n) is 9.51. The molecule has 0 saturated carbocycles. The summed E-state index contributed by atoms with van der Waals surface area (Å²) in [6.45, 7) is 12.0. The number of aromatic nitrogens is 4. The zero-order valence-corrected chi connectivity index (χ0v) is 36.3. The summed E-state index contributed by atoms with van der Waals surface area (Å²) in [6, 6.07) is 14.8. The van der Waals surface area contributed by atoms with Gasteiger partial charge in [-0.15, -0.1) is 0 Å². The van der Waals surface area contributed by atoms with E-state index in [0.717, 1.165) is 66.7 Å². The van der Waals surface area contributed by atoms with E-state index in [0.29, 0.717) is 47.6 Å². The number of methoxy groups -OCH3 is 2. The number of amides is 2. The lowest BCUT2D eigenvalue weighted by Gasteiger charge is -2.37. The van der Waals surface area contributed by atoms with Gasteiger partial charge in [0, 0.05) is 45.9 Å². The van der Waals surface area contributed by atoms with E-state index < -0.39 is 17.3 Å². The Morgan fingerprint density at radius 3 is 2.25 bits per heavy atom. The third-order valence-electron chi connectivity index (χ3n) is 13.0. The highest BCUT2D eigenvalue weighted by atomic mass is 16.6. The number of carbonyl (C=O) groups is 4. The van der Waals surface area contributed by atoms with Gasteiger partial charge in [-0.05, 0) is 122 Å². The van der Waals surface area contributed by atoms with Crippen LogP contribution in [0.25, 0.3) is 44.9 Å². The highest BCUT2D eigenvalue weighted by Gasteiger charge is 2.61. The molecular weight excluding hydrogens is 801 g/mol. The third kappa shape index (κ3) is 7.47. The fourth-order valence-corrected chi connectivity index (χ4v) is 9.51. The van der Waals surface area contributed by atoms with Crippen LogP contribution < -0.4 is 4.90 Å². The number of carbonyl (C=O) groups excluding carboxylic acids is 4. The summed E-state index contributed by atoms with van der Waals surface area (Å²) < 4.78 is 10.0. The number of aromatic amines is 2. The standard InChI is InChI=1S/C49H50N6O8/c1-8-31-26(2)37-22-42-35-16-13-34-46(48(60)55(47(34)59)30-11-9-29(10-12-30)25-50-63-20-19-56)49(35,5)43(54-42)24-38-28(4)33(15-18-45(58)62-7)41(53-38)23-40-32(14-17-44(57)61-6)27(3)36(52-40)21-39(31)51-37/h8-12,16,21-25,34,46,51,53,56H,1,13-15,17-20H2,2-7H3/b36-21?,37-22?,38-24?,39-21?,40-23?,41-23?,42-22?,43-24?,50-25+/t34-,46+,49-/m1/s1. The summed E-state index contributed by atoms with van der Waals surface area (Å²) in [5.74, 6) is -2.69. The number of hydrogen-bond donors (Lipinski definition) is 3. The number of ether oxygens (including phenoxy) is 2. The Balaban J connectivity index is 1.35. The molecule has 4 aromatic rings. The van der Waals surface area contributed by atoms with Crippen LogP contribution in [-0.4, -0.2) is 82.4 Å². The molecule has 1 saturated heterocycles. The van der Waals surface area contributed by atoms with Crippen LogP contribution in [0, 0.1) is 25.7 Å². The predicted octanol–water partition coefficient (Wildman–Crippen LogP) is 7.46. The molecule has 6 heterocycles. The Morgan fingerprint density at radius 1 is 0.889 bits per heavy atom. The number of aryl methyl sites for hydroxylation is 3. The topological polar surface area (TPSA) is 189 Å². The number of oxime groups is 1. The quantitative estimate of drug-likeness (QED) is 0.0424. The summed E-state index contributed by atoms with van der Waals surface area (Å²) in [5, 5.41) is 12.8. The molecular formula is C49H50N6O8. The van der Waals surface area contributed by atoms with E-state index in [2.05, 4.69) is 27.8 Å². The van der Waals surface area contributed by atoms with Crippen LogP contribution in [0.1, 0.15) is 90.1 Å². The fraction of sp³-hybridized carbons (Fsp3) is 0.327. The molecule has 1 aromatic carbocycles. The normalized spacial score (nSPS) is 19.3. The van der Waals surface area contributed by atoms with Crippen molar-refractivity contribution in [3.8, 4) is 0 Å². The molecule has 2 amide bonds. The molecule has 63 heavy (non-hydrogen) atoms. The number of imide groups is 1. The van der Waals surface area contributed by atoms with Crippen molar-refractivity contribution in [3.63, 3.8) is 0 Å². The van der Waals surface area contributed by atoms with Crippen LogP contribution in [0.3, 0.4) is 0 Å². The van der Waals surface area contributed by atoms with E-state index >= 15 is 0 Å². The van der Waals surface area contributed by atoms with Crippen molar-refractivity contribution in [3.05, 3.63) is 112 Å². The molecule has 4 aliphatic rings. The number of benzene rings is 1. The minimum Gasteiger partial charge on any atom is -0.469 e. The second kappa shape index (κ2) is 17.1. The van der Waals surface area contributed by atoms with Crippen molar-refractivity contribution in [2.24, 2.45) is 17.0 Å². The average molecular weight is 851 g/mol. The van der Waals surface area contributed by atoms with Gasteiger partial charge in [0.25, 0.3) is 0 Å². The van der Waals surface area contributed by atoms with Crippen LogP contribution >= 0.6 is 0 Å². The van der Waals surface area contributed by atoms with Gasteiger partial charge in [0.1, 0.15) is 6.61 Å².